The van der Waals surface area contributed by atoms with E-state index in [0.29, 0.717) is 18.8 Å². The Morgan fingerprint density at radius 1 is 0.958 bits per heavy atom. The van der Waals surface area contributed by atoms with E-state index in [-0.39, 0.29) is 58.2 Å². The lowest BCUT2D eigenvalue weighted by atomic mass is 10.1. The van der Waals surface area contributed by atoms with Gasteiger partial charge in [-0.2, -0.15) is 18.3 Å². The minimum absolute atomic E-state index is 0.0158. The van der Waals surface area contributed by atoms with Gasteiger partial charge < -0.3 is 29.2 Å². The van der Waals surface area contributed by atoms with E-state index >= 15 is 0 Å². The molecular formula is C31H32ClF3N8O5. The third kappa shape index (κ3) is 7.38. The number of carbonyl (C=O) groups is 3. The Bertz CT molecular complexity index is 1840. The van der Waals surface area contributed by atoms with Gasteiger partial charge in [0, 0.05) is 45.1 Å². The van der Waals surface area contributed by atoms with Gasteiger partial charge in [-0.1, -0.05) is 11.6 Å². The number of nitrogens with one attached hydrogen (secondary N) is 1. The van der Waals surface area contributed by atoms with Gasteiger partial charge in [-0.05, 0) is 51.1 Å². The number of alkyl halides is 3. The van der Waals surface area contributed by atoms with Crippen molar-refractivity contribution >= 4 is 35.2 Å². The molecule has 1 saturated heterocycles. The van der Waals surface area contributed by atoms with Crippen LogP contribution in [0.4, 0.5) is 23.7 Å². The molecule has 4 aromatic rings. The Labute approximate surface area is 278 Å². The lowest BCUT2D eigenvalue weighted by molar-refractivity contribution is -0.140. The second-order valence-electron chi connectivity index (χ2n) is 11.8. The van der Waals surface area contributed by atoms with Crippen LogP contribution in [0.2, 0.25) is 5.02 Å². The number of ether oxygens (including phenoxy) is 2. The normalized spacial score (nSPS) is 13.8. The standard InChI is InChI=1S/C31H32ClF3N8O5/c1-30(2,3)48-29(46)42-12-10-41(11-13-42)28(45)20-8-6-18(14-22(20)32)38-27(44)26-37-16-23(40(26)4)21-17-43(39-25(21)31(33,34)35)24-9-7-19(47-5)15-36-24/h6-9,14-17H,10-13H2,1-5H3,(H,38,44). The fourth-order valence-corrected chi connectivity index (χ4v) is 5.19. The van der Waals surface area contributed by atoms with Gasteiger partial charge in [-0.15, -0.1) is 0 Å². The summed E-state index contributed by atoms with van der Waals surface area (Å²) in [4.78, 5) is 50.0. The number of anilines is 1. The van der Waals surface area contributed by atoms with Crippen molar-refractivity contribution < 1.29 is 37.0 Å². The molecule has 1 aliphatic heterocycles. The fourth-order valence-electron chi connectivity index (χ4n) is 4.93. The first kappa shape index (κ1) is 34.2. The zero-order valence-electron chi connectivity index (χ0n) is 26.6. The Hall–Kier alpha value is -5.12. The molecule has 5 rings (SSSR count). The van der Waals surface area contributed by atoms with E-state index in [0.717, 1.165) is 17.1 Å². The quantitative estimate of drug-likeness (QED) is 0.289. The van der Waals surface area contributed by atoms with Crippen LogP contribution in [0.5, 0.6) is 5.75 Å². The summed E-state index contributed by atoms with van der Waals surface area (Å²) >= 11 is 6.44. The highest BCUT2D eigenvalue weighted by Gasteiger charge is 2.39. The smallest absolute Gasteiger partial charge is 0.435 e. The average Bonchev–Trinajstić information content (AvgIpc) is 3.64. The molecule has 254 valence electrons. The second-order valence-corrected chi connectivity index (χ2v) is 12.2. The number of carbonyl (C=O) groups excluding carboxylic acids is 3. The molecule has 1 fully saturated rings. The van der Waals surface area contributed by atoms with Crippen LogP contribution in [0.3, 0.4) is 0 Å². The second kappa shape index (κ2) is 13.2. The first-order chi connectivity index (χ1) is 22.6. The van der Waals surface area contributed by atoms with Crippen LogP contribution in [0.25, 0.3) is 17.1 Å². The van der Waals surface area contributed by atoms with Crippen LogP contribution in [0.15, 0.2) is 48.9 Å². The molecule has 4 heterocycles. The van der Waals surface area contributed by atoms with Crippen molar-refractivity contribution in [2.45, 2.75) is 32.5 Å². The van der Waals surface area contributed by atoms with Crippen LogP contribution >= 0.6 is 11.6 Å². The Morgan fingerprint density at radius 2 is 1.65 bits per heavy atom. The van der Waals surface area contributed by atoms with Gasteiger partial charge in [0.2, 0.25) is 0 Å². The number of benzene rings is 1. The minimum atomic E-state index is -4.82. The first-order valence-corrected chi connectivity index (χ1v) is 15.0. The number of aromatic nitrogens is 5. The number of piperazine rings is 1. The molecule has 1 aliphatic rings. The number of hydrogen-bond acceptors (Lipinski definition) is 8. The van der Waals surface area contributed by atoms with Gasteiger partial charge in [-0.25, -0.2) is 19.4 Å². The number of hydrogen-bond donors (Lipinski definition) is 1. The molecule has 48 heavy (non-hydrogen) atoms. The highest BCUT2D eigenvalue weighted by atomic mass is 35.5. The van der Waals surface area contributed by atoms with Gasteiger partial charge in [0.1, 0.15) is 11.4 Å². The van der Waals surface area contributed by atoms with Gasteiger partial charge in [0.05, 0.1) is 41.3 Å². The van der Waals surface area contributed by atoms with E-state index in [9.17, 15) is 27.6 Å². The van der Waals surface area contributed by atoms with E-state index in [1.165, 1.54) is 60.2 Å². The number of pyridine rings is 1. The maximum atomic E-state index is 14.0. The highest BCUT2D eigenvalue weighted by Crippen LogP contribution is 2.37. The van der Waals surface area contributed by atoms with Crippen LogP contribution in [-0.4, -0.2) is 90.9 Å². The molecule has 17 heteroatoms. The van der Waals surface area contributed by atoms with Crippen molar-refractivity contribution in [3.05, 3.63) is 71.0 Å². The maximum Gasteiger partial charge on any atom is 0.435 e. The van der Waals surface area contributed by atoms with Crippen LogP contribution in [-0.2, 0) is 18.0 Å². The number of rotatable bonds is 6. The monoisotopic (exact) mass is 688 g/mol. The van der Waals surface area contributed by atoms with Crippen LogP contribution in [0.1, 0.15) is 47.4 Å². The zero-order valence-corrected chi connectivity index (χ0v) is 27.4. The minimum Gasteiger partial charge on any atom is -0.495 e. The van der Waals surface area contributed by atoms with Gasteiger partial charge in [0.25, 0.3) is 11.8 Å². The van der Waals surface area contributed by atoms with E-state index in [1.54, 1.807) is 25.7 Å². The van der Waals surface area contributed by atoms with Gasteiger partial charge in [-0.3, -0.25) is 9.59 Å². The summed E-state index contributed by atoms with van der Waals surface area (Å²) in [6.45, 7) is 6.47. The molecule has 0 unspecified atom stereocenters. The van der Waals surface area contributed by atoms with Gasteiger partial charge in [0.15, 0.2) is 17.3 Å². The summed E-state index contributed by atoms with van der Waals surface area (Å²) in [6.07, 6.45) is -1.62. The summed E-state index contributed by atoms with van der Waals surface area (Å²) in [5.74, 6) is -0.722. The van der Waals surface area contributed by atoms with E-state index in [2.05, 4.69) is 20.4 Å². The fraction of sp³-hybridized carbons (Fsp3) is 0.355. The molecule has 0 atom stereocenters. The predicted octanol–water partition coefficient (Wildman–Crippen LogP) is 5.29. The third-order valence-corrected chi connectivity index (χ3v) is 7.63. The van der Waals surface area contributed by atoms with E-state index < -0.39 is 29.5 Å². The Balaban J connectivity index is 1.29. The van der Waals surface area contributed by atoms with Crippen LogP contribution in [0, 0.1) is 0 Å². The molecule has 3 amide bonds. The Morgan fingerprint density at radius 3 is 2.23 bits per heavy atom. The number of imidazole rings is 1. The van der Waals surface area contributed by atoms with Crippen LogP contribution < -0.4 is 10.1 Å². The number of methoxy groups -OCH3 is 1. The largest absolute Gasteiger partial charge is 0.495 e. The molecule has 0 spiro atoms. The lowest BCUT2D eigenvalue weighted by Gasteiger charge is -2.35. The zero-order chi connectivity index (χ0) is 35.0. The predicted molar refractivity (Wildman–Crippen MR) is 168 cm³/mol. The molecule has 0 saturated carbocycles. The molecule has 0 aliphatic carbocycles. The van der Waals surface area contributed by atoms with Crippen molar-refractivity contribution in [1.29, 1.82) is 0 Å². The molecule has 1 aromatic carbocycles. The number of nitrogens with zero attached hydrogens (tertiary/aromatic N) is 7. The summed E-state index contributed by atoms with van der Waals surface area (Å²) in [5.41, 5.74) is -1.72. The molecule has 1 N–H and O–H groups in total. The molecule has 3 aromatic heterocycles. The number of amides is 3. The summed E-state index contributed by atoms with van der Waals surface area (Å²) in [7, 11) is 2.84. The van der Waals surface area contributed by atoms with Gasteiger partial charge >= 0.3 is 12.3 Å². The summed E-state index contributed by atoms with van der Waals surface area (Å²) < 4.78 is 54.7. The average molecular weight is 689 g/mol. The first-order valence-electron chi connectivity index (χ1n) is 14.6. The highest BCUT2D eigenvalue weighted by molar-refractivity contribution is 6.34. The lowest BCUT2D eigenvalue weighted by Crippen LogP contribution is -2.51. The molecule has 13 nitrogen and oxygen atoms in total. The van der Waals surface area contributed by atoms with E-state index in [4.69, 9.17) is 21.1 Å². The van der Waals surface area contributed by atoms with Crippen molar-refractivity contribution in [3.8, 4) is 22.8 Å². The Kier molecular flexibility index (Phi) is 9.39. The maximum absolute atomic E-state index is 14.0. The number of halogens is 4. The van der Waals surface area contributed by atoms with E-state index in [1.807, 2.05) is 0 Å². The third-order valence-electron chi connectivity index (χ3n) is 7.32. The van der Waals surface area contributed by atoms with Crippen molar-refractivity contribution in [1.82, 2.24) is 34.1 Å². The summed E-state index contributed by atoms with van der Waals surface area (Å²) in [6, 6.07) is 7.32. The molecule has 0 radical (unpaired) electrons. The van der Waals surface area contributed by atoms with Crippen molar-refractivity contribution in [3.63, 3.8) is 0 Å². The topological polar surface area (TPSA) is 137 Å². The van der Waals surface area contributed by atoms with Crippen molar-refractivity contribution in [2.75, 3.05) is 38.6 Å². The molecular weight excluding hydrogens is 657 g/mol. The molecule has 0 bridgehead atoms. The SMILES string of the molecule is COc1ccc(-n2cc(-c3cnc(C(=O)Nc4ccc(C(=O)N5CCN(C(=O)OC(C)(C)C)CC5)c(Cl)c4)n3C)c(C(F)(F)F)n2)nc1. The van der Waals surface area contributed by atoms with Crippen molar-refractivity contribution in [2.24, 2.45) is 7.05 Å². The summed E-state index contributed by atoms with van der Waals surface area (Å²) in [5, 5.41) is 6.41.